The molecule has 1 N–H and O–H groups in total. The third-order valence-electron chi connectivity index (χ3n) is 6.98. The molecule has 0 saturated heterocycles. The van der Waals surface area contributed by atoms with Crippen LogP contribution < -0.4 is 0 Å². The number of carbonyl (C=O) groups is 1. The molecular formula is C25H22F7NO4S. The Bertz CT molecular complexity index is 1340. The maximum atomic E-state index is 13.7. The number of Topliss-reactive ketones (excluding diaryl/α,β-unsaturated/α-hetero) is 1. The Morgan fingerprint density at radius 2 is 1.45 bits per heavy atom. The van der Waals surface area contributed by atoms with Gasteiger partial charge in [-0.3, -0.25) is 4.79 Å². The van der Waals surface area contributed by atoms with E-state index < -0.39 is 61.0 Å². The smallest absolute Gasteiger partial charge is 0.369 e. The molecule has 2 aromatic carbocycles. The van der Waals surface area contributed by atoms with Crippen molar-refractivity contribution in [3.8, 4) is 6.07 Å². The van der Waals surface area contributed by atoms with Crippen LogP contribution in [0.15, 0.2) is 53.4 Å². The fourth-order valence-corrected chi connectivity index (χ4v) is 6.85. The topological polar surface area (TPSA) is 95.2 Å². The molecule has 3 rings (SSSR count). The first-order valence-corrected chi connectivity index (χ1v) is 12.6. The summed E-state index contributed by atoms with van der Waals surface area (Å²) in [6.07, 6.45) is -12.9. The third-order valence-corrected chi connectivity index (χ3v) is 9.47. The van der Waals surface area contributed by atoms with Crippen LogP contribution in [0.4, 0.5) is 30.7 Å². The van der Waals surface area contributed by atoms with E-state index in [-0.39, 0.29) is 29.7 Å². The van der Waals surface area contributed by atoms with Crippen LogP contribution in [0.5, 0.6) is 0 Å². The normalized spacial score (nSPS) is 20.9. The van der Waals surface area contributed by atoms with Gasteiger partial charge in [-0.1, -0.05) is 24.3 Å². The molecule has 0 unspecified atom stereocenters. The summed E-state index contributed by atoms with van der Waals surface area (Å²) < 4.78 is 119. The second kappa shape index (κ2) is 9.34. The number of sulfone groups is 1. The highest BCUT2D eigenvalue weighted by molar-refractivity contribution is 7.92. The lowest BCUT2D eigenvalue weighted by Crippen LogP contribution is -2.54. The minimum absolute atomic E-state index is 0.166. The van der Waals surface area contributed by atoms with Gasteiger partial charge in [0.2, 0.25) is 0 Å². The van der Waals surface area contributed by atoms with E-state index in [0.717, 1.165) is 36.4 Å². The van der Waals surface area contributed by atoms with Crippen LogP contribution in [-0.2, 0) is 25.0 Å². The van der Waals surface area contributed by atoms with Gasteiger partial charge >= 0.3 is 12.4 Å². The second-order valence-electron chi connectivity index (χ2n) is 9.87. The quantitative estimate of drug-likeness (QED) is 0.342. The highest BCUT2D eigenvalue weighted by atomic mass is 32.2. The maximum Gasteiger partial charge on any atom is 0.430 e. The summed E-state index contributed by atoms with van der Waals surface area (Å²) in [5, 5.41) is 18.8. The Kier molecular flexibility index (Phi) is 7.27. The lowest BCUT2D eigenvalue weighted by molar-refractivity contribution is -0.376. The van der Waals surface area contributed by atoms with Crippen LogP contribution in [0.25, 0.3) is 0 Å². The monoisotopic (exact) mass is 565 g/mol. The van der Waals surface area contributed by atoms with Gasteiger partial charge < -0.3 is 5.11 Å². The van der Waals surface area contributed by atoms with E-state index in [0.29, 0.717) is 12.1 Å². The molecule has 0 spiro atoms. The van der Waals surface area contributed by atoms with Crippen LogP contribution >= 0.6 is 0 Å². The van der Waals surface area contributed by atoms with Gasteiger partial charge in [-0.25, -0.2) is 12.8 Å². The predicted molar refractivity (Wildman–Crippen MR) is 119 cm³/mol. The first-order valence-electron chi connectivity index (χ1n) is 11.1. The number of benzene rings is 2. The SMILES string of the molecule is CC(C)(C#N)C(=O)CC1CC(c2ccc(C(O)(C(F)(F)F)C(F)(F)F)cc2)(S(=O)(=O)c2ccc(F)cc2)C1. The number of halogens is 7. The molecular weight excluding hydrogens is 543 g/mol. The van der Waals surface area contributed by atoms with Gasteiger partial charge in [0.05, 0.1) is 11.0 Å². The highest BCUT2D eigenvalue weighted by Gasteiger charge is 2.71. The van der Waals surface area contributed by atoms with E-state index in [4.69, 9.17) is 0 Å². The lowest BCUT2D eigenvalue weighted by Gasteiger charge is -2.47. The Hall–Kier alpha value is -2.98. The van der Waals surface area contributed by atoms with E-state index >= 15 is 0 Å². The zero-order valence-electron chi connectivity index (χ0n) is 20.0. The first kappa shape index (κ1) is 29.6. The average molecular weight is 566 g/mol. The van der Waals surface area contributed by atoms with Crippen LogP contribution in [0, 0.1) is 28.5 Å². The molecule has 2 aromatic rings. The van der Waals surface area contributed by atoms with Crippen molar-refractivity contribution in [3.05, 3.63) is 65.5 Å². The summed E-state index contributed by atoms with van der Waals surface area (Å²) in [6.45, 7) is 2.77. The van der Waals surface area contributed by atoms with Crippen LogP contribution in [-0.4, -0.2) is 31.7 Å². The van der Waals surface area contributed by atoms with Gasteiger partial charge in [-0.2, -0.15) is 31.6 Å². The molecule has 0 heterocycles. The molecule has 0 atom stereocenters. The molecule has 1 saturated carbocycles. The summed E-state index contributed by atoms with van der Waals surface area (Å²) >= 11 is 0. The van der Waals surface area contributed by atoms with Crippen LogP contribution in [0.1, 0.15) is 44.2 Å². The molecule has 0 aliphatic heterocycles. The Morgan fingerprint density at radius 3 is 1.87 bits per heavy atom. The number of rotatable bonds is 7. The van der Waals surface area contributed by atoms with E-state index in [9.17, 15) is 54.3 Å². The number of alkyl halides is 6. The predicted octanol–water partition coefficient (Wildman–Crippen LogP) is 5.73. The van der Waals surface area contributed by atoms with Crippen molar-refractivity contribution in [2.75, 3.05) is 0 Å². The minimum atomic E-state index is -6.12. The summed E-state index contributed by atoms with van der Waals surface area (Å²) in [7, 11) is -4.40. The van der Waals surface area contributed by atoms with Crippen molar-refractivity contribution in [2.45, 2.75) is 60.7 Å². The fraction of sp³-hybridized carbons (Fsp3) is 0.440. The fourth-order valence-electron chi connectivity index (χ4n) is 4.55. The van der Waals surface area contributed by atoms with Crippen molar-refractivity contribution < 1.29 is 49.1 Å². The van der Waals surface area contributed by atoms with Gasteiger partial charge in [0.25, 0.3) is 5.60 Å². The third kappa shape index (κ3) is 4.68. The summed E-state index contributed by atoms with van der Waals surface area (Å²) in [5.74, 6) is -1.77. The summed E-state index contributed by atoms with van der Waals surface area (Å²) in [4.78, 5) is 12.2. The molecule has 5 nitrogen and oxygen atoms in total. The number of hydrogen-bond acceptors (Lipinski definition) is 5. The largest absolute Gasteiger partial charge is 0.430 e. The van der Waals surface area contributed by atoms with Gasteiger partial charge in [-0.05, 0) is 62.4 Å². The molecule has 0 radical (unpaired) electrons. The van der Waals surface area contributed by atoms with Crippen LogP contribution in [0.2, 0.25) is 0 Å². The van der Waals surface area contributed by atoms with E-state index in [2.05, 4.69) is 0 Å². The van der Waals surface area contributed by atoms with E-state index in [1.165, 1.54) is 13.8 Å². The molecule has 1 fully saturated rings. The van der Waals surface area contributed by atoms with Gasteiger partial charge in [-0.15, -0.1) is 0 Å². The summed E-state index contributed by atoms with van der Waals surface area (Å²) in [5.41, 5.74) is -8.27. The molecule has 1 aliphatic rings. The molecule has 1 aliphatic carbocycles. The Balaban J connectivity index is 2.08. The Morgan fingerprint density at radius 1 is 0.974 bits per heavy atom. The number of aliphatic hydroxyl groups is 1. The van der Waals surface area contributed by atoms with E-state index in [1.807, 2.05) is 6.07 Å². The van der Waals surface area contributed by atoms with Gasteiger partial charge in [0, 0.05) is 12.0 Å². The highest BCUT2D eigenvalue weighted by Crippen LogP contribution is 2.56. The Labute approximate surface area is 213 Å². The minimum Gasteiger partial charge on any atom is -0.369 e. The molecule has 13 heteroatoms. The lowest BCUT2D eigenvalue weighted by atomic mass is 9.67. The van der Waals surface area contributed by atoms with Crippen molar-refractivity contribution in [3.63, 3.8) is 0 Å². The van der Waals surface area contributed by atoms with E-state index in [1.54, 1.807) is 0 Å². The number of ketones is 1. The first-order chi connectivity index (χ1) is 17.2. The maximum absolute atomic E-state index is 13.7. The van der Waals surface area contributed by atoms with Gasteiger partial charge in [0.15, 0.2) is 15.6 Å². The standard InChI is InChI=1S/C25H22F7NO4S/c1-21(2,14-33)20(34)11-15-12-22(13-15,38(36,37)19-9-7-18(26)8-10-19)16-3-5-17(6-4-16)23(35,24(27,28)29)25(30,31)32/h3-10,15,35H,11-13H2,1-2H3. The van der Waals surface area contributed by atoms with Gasteiger partial charge in [0.1, 0.15) is 16.0 Å². The second-order valence-corrected chi connectivity index (χ2v) is 12.1. The molecule has 0 amide bonds. The number of nitrogens with zero attached hydrogens (tertiary/aromatic N) is 1. The molecule has 38 heavy (non-hydrogen) atoms. The van der Waals surface area contributed by atoms with Crippen LogP contribution in [0.3, 0.4) is 0 Å². The van der Waals surface area contributed by atoms with Crippen molar-refractivity contribution in [2.24, 2.45) is 11.3 Å². The average Bonchev–Trinajstić information content (AvgIpc) is 2.79. The molecule has 0 aromatic heterocycles. The molecule has 206 valence electrons. The summed E-state index contributed by atoms with van der Waals surface area (Å²) in [6, 6.07) is 7.79. The van der Waals surface area contributed by atoms with Crippen molar-refractivity contribution in [1.82, 2.24) is 0 Å². The number of nitriles is 1. The number of carbonyl (C=O) groups excluding carboxylic acids is 1. The number of hydrogen-bond donors (Lipinski definition) is 1. The van der Waals surface area contributed by atoms with Crippen molar-refractivity contribution in [1.29, 1.82) is 5.26 Å². The molecule has 0 bridgehead atoms. The van der Waals surface area contributed by atoms with Crippen molar-refractivity contribution >= 4 is 15.6 Å². The zero-order valence-corrected chi connectivity index (χ0v) is 20.8. The zero-order chi connectivity index (χ0) is 28.9.